The van der Waals surface area contributed by atoms with E-state index in [0.717, 1.165) is 40.2 Å². The molecule has 2 aliphatic rings. The van der Waals surface area contributed by atoms with Crippen molar-refractivity contribution in [2.45, 2.75) is 25.8 Å². The van der Waals surface area contributed by atoms with Gasteiger partial charge in [-0.25, -0.2) is 4.79 Å². The maximum atomic E-state index is 12.9. The number of anilines is 1. The molecule has 180 valence electrons. The molecule has 0 radical (unpaired) electrons. The molecule has 0 spiro atoms. The van der Waals surface area contributed by atoms with Gasteiger partial charge in [0.15, 0.2) is 6.61 Å². The Kier molecular flexibility index (Phi) is 6.31. The fraction of sp³-hybridized carbons (Fsp3) is 0.192. The highest BCUT2D eigenvalue weighted by Gasteiger charge is 2.36. The van der Waals surface area contributed by atoms with Crippen LogP contribution < -0.4 is 5.32 Å². The van der Waals surface area contributed by atoms with Crippen molar-refractivity contribution in [3.8, 4) is 6.07 Å². The summed E-state index contributed by atoms with van der Waals surface area (Å²) in [5.41, 5.74) is 2.52. The van der Waals surface area contributed by atoms with Crippen molar-refractivity contribution in [2.24, 2.45) is 0 Å². The number of fused-ring (bicyclic) bond motifs is 2. The third-order valence-electron chi connectivity index (χ3n) is 6.08. The van der Waals surface area contributed by atoms with Gasteiger partial charge >= 0.3 is 5.97 Å². The average molecular weight is 520 g/mol. The Hall–Kier alpha value is -4.00. The van der Waals surface area contributed by atoms with E-state index in [1.165, 1.54) is 29.5 Å². The third kappa shape index (κ3) is 4.37. The third-order valence-corrected chi connectivity index (χ3v) is 7.54. The Morgan fingerprint density at radius 1 is 1.08 bits per heavy atom. The standard InChI is InChI=1S/C26H18ClN3O5S/c27-16-7-4-14(5-8-16)12-30-24(32)18-9-6-15(10-19(18)25(30)33)26(34)35-13-22(31)29-23-20(11-28)17-2-1-3-21(17)36-23/h4-10H,1-3,12-13H2,(H,29,31). The summed E-state index contributed by atoms with van der Waals surface area (Å²) in [7, 11) is 0. The fourth-order valence-electron chi connectivity index (χ4n) is 4.32. The minimum Gasteiger partial charge on any atom is -0.452 e. The van der Waals surface area contributed by atoms with Crippen molar-refractivity contribution in [1.29, 1.82) is 5.26 Å². The summed E-state index contributed by atoms with van der Waals surface area (Å²) in [5.74, 6) is -2.35. The van der Waals surface area contributed by atoms with Crippen molar-refractivity contribution < 1.29 is 23.9 Å². The molecule has 10 heteroatoms. The van der Waals surface area contributed by atoms with Crippen LogP contribution in [-0.2, 0) is 28.9 Å². The summed E-state index contributed by atoms with van der Waals surface area (Å²) in [5, 5.41) is 13.1. The summed E-state index contributed by atoms with van der Waals surface area (Å²) in [6.45, 7) is -0.487. The maximum Gasteiger partial charge on any atom is 0.338 e. The molecule has 5 rings (SSSR count). The monoisotopic (exact) mass is 519 g/mol. The van der Waals surface area contributed by atoms with Gasteiger partial charge in [-0.15, -0.1) is 11.3 Å². The number of carbonyl (C=O) groups is 4. The predicted octanol–water partition coefficient (Wildman–Crippen LogP) is 4.35. The van der Waals surface area contributed by atoms with E-state index in [-0.39, 0.29) is 23.2 Å². The maximum absolute atomic E-state index is 12.9. The number of aryl methyl sites for hydroxylation is 1. The minimum atomic E-state index is -0.807. The number of nitrogens with zero attached hydrogens (tertiary/aromatic N) is 2. The lowest BCUT2D eigenvalue weighted by molar-refractivity contribution is -0.119. The molecule has 0 saturated carbocycles. The molecule has 2 aromatic carbocycles. The minimum absolute atomic E-state index is 0.0452. The molecular weight excluding hydrogens is 502 g/mol. The van der Waals surface area contributed by atoms with E-state index in [9.17, 15) is 24.4 Å². The second-order valence-electron chi connectivity index (χ2n) is 8.38. The fourth-order valence-corrected chi connectivity index (χ4v) is 5.70. The van der Waals surface area contributed by atoms with Crippen LogP contribution in [0.1, 0.15) is 59.1 Å². The van der Waals surface area contributed by atoms with Gasteiger partial charge in [-0.05, 0) is 60.7 Å². The van der Waals surface area contributed by atoms with Crippen molar-refractivity contribution in [3.63, 3.8) is 0 Å². The first kappa shape index (κ1) is 23.7. The van der Waals surface area contributed by atoms with Crippen LogP contribution in [0.25, 0.3) is 0 Å². The molecular formula is C26H18ClN3O5S. The highest BCUT2D eigenvalue weighted by Crippen LogP contribution is 2.38. The van der Waals surface area contributed by atoms with Crippen LogP contribution in [0.3, 0.4) is 0 Å². The Morgan fingerprint density at radius 3 is 2.58 bits per heavy atom. The largest absolute Gasteiger partial charge is 0.452 e. The first-order valence-corrected chi connectivity index (χ1v) is 12.3. The lowest BCUT2D eigenvalue weighted by Gasteiger charge is -2.13. The van der Waals surface area contributed by atoms with Gasteiger partial charge in [0.25, 0.3) is 17.7 Å². The molecule has 0 bridgehead atoms. The molecule has 0 fully saturated rings. The number of esters is 1. The molecule has 0 unspecified atom stereocenters. The number of nitrogens with one attached hydrogen (secondary N) is 1. The van der Waals surface area contributed by atoms with Crippen LogP contribution in [-0.4, -0.2) is 35.2 Å². The smallest absolute Gasteiger partial charge is 0.338 e. The molecule has 0 saturated heterocycles. The normalized spacial score (nSPS) is 13.8. The first-order valence-electron chi connectivity index (χ1n) is 11.1. The van der Waals surface area contributed by atoms with Gasteiger partial charge < -0.3 is 10.1 Å². The number of imide groups is 1. The number of hydrogen-bond donors (Lipinski definition) is 1. The lowest BCUT2D eigenvalue weighted by atomic mass is 10.1. The van der Waals surface area contributed by atoms with Crippen LogP contribution in [0.2, 0.25) is 5.02 Å². The van der Waals surface area contributed by atoms with E-state index >= 15 is 0 Å². The first-order chi connectivity index (χ1) is 17.4. The van der Waals surface area contributed by atoms with Crippen molar-refractivity contribution >= 4 is 51.6 Å². The number of amides is 3. The van der Waals surface area contributed by atoms with E-state index in [2.05, 4.69) is 11.4 Å². The van der Waals surface area contributed by atoms with Crippen molar-refractivity contribution in [1.82, 2.24) is 4.90 Å². The molecule has 2 heterocycles. The SMILES string of the molecule is N#Cc1c(NC(=O)COC(=O)c2ccc3c(c2)C(=O)N(Cc2ccc(Cl)cc2)C3=O)sc2c1CCC2. The molecule has 1 aliphatic heterocycles. The van der Waals surface area contributed by atoms with Gasteiger partial charge in [0, 0.05) is 9.90 Å². The zero-order chi connectivity index (χ0) is 25.4. The van der Waals surface area contributed by atoms with Gasteiger partial charge in [0.2, 0.25) is 0 Å². The average Bonchev–Trinajstić information content (AvgIpc) is 3.52. The van der Waals surface area contributed by atoms with Crippen LogP contribution in [0.4, 0.5) is 5.00 Å². The zero-order valence-electron chi connectivity index (χ0n) is 18.8. The summed E-state index contributed by atoms with van der Waals surface area (Å²) in [6.07, 6.45) is 2.70. The number of rotatable bonds is 6. The molecule has 0 atom stereocenters. The van der Waals surface area contributed by atoms with Gasteiger partial charge in [0.1, 0.15) is 11.1 Å². The van der Waals surface area contributed by atoms with Gasteiger partial charge in [-0.2, -0.15) is 5.26 Å². The van der Waals surface area contributed by atoms with E-state index in [0.29, 0.717) is 15.6 Å². The van der Waals surface area contributed by atoms with E-state index in [1.807, 2.05) is 0 Å². The highest BCUT2D eigenvalue weighted by atomic mass is 35.5. The van der Waals surface area contributed by atoms with Crippen molar-refractivity contribution in [3.05, 3.63) is 85.7 Å². The number of carbonyl (C=O) groups excluding carboxylic acids is 4. The number of thiophene rings is 1. The number of hydrogen-bond acceptors (Lipinski definition) is 7. The van der Waals surface area contributed by atoms with Crippen LogP contribution in [0, 0.1) is 11.3 Å². The Bertz CT molecular complexity index is 1470. The number of halogens is 1. The second-order valence-corrected chi connectivity index (χ2v) is 9.92. The van der Waals surface area contributed by atoms with Crippen LogP contribution in [0.15, 0.2) is 42.5 Å². The lowest BCUT2D eigenvalue weighted by Crippen LogP contribution is -2.29. The van der Waals surface area contributed by atoms with E-state index < -0.39 is 30.3 Å². The topological polar surface area (TPSA) is 117 Å². The van der Waals surface area contributed by atoms with E-state index in [4.69, 9.17) is 16.3 Å². The number of nitriles is 1. The van der Waals surface area contributed by atoms with Crippen molar-refractivity contribution in [2.75, 3.05) is 11.9 Å². The summed E-state index contributed by atoms with van der Waals surface area (Å²) >= 11 is 7.26. The molecule has 3 aromatic rings. The molecule has 1 aliphatic carbocycles. The number of ether oxygens (including phenoxy) is 1. The highest BCUT2D eigenvalue weighted by molar-refractivity contribution is 7.16. The quantitative estimate of drug-likeness (QED) is 0.382. The molecule has 3 amide bonds. The molecule has 1 N–H and O–H groups in total. The van der Waals surface area contributed by atoms with Crippen LogP contribution in [0.5, 0.6) is 0 Å². The number of benzene rings is 2. The Balaban J connectivity index is 1.23. The van der Waals surface area contributed by atoms with Gasteiger partial charge in [-0.1, -0.05) is 23.7 Å². The molecule has 36 heavy (non-hydrogen) atoms. The summed E-state index contributed by atoms with van der Waals surface area (Å²) in [4.78, 5) is 52.7. The zero-order valence-corrected chi connectivity index (χ0v) is 20.4. The second kappa shape index (κ2) is 9.57. The Morgan fingerprint density at radius 2 is 1.83 bits per heavy atom. The van der Waals surface area contributed by atoms with Gasteiger partial charge in [-0.3, -0.25) is 19.3 Å². The van der Waals surface area contributed by atoms with Gasteiger partial charge in [0.05, 0.1) is 28.8 Å². The Labute approximate surface area is 215 Å². The predicted molar refractivity (Wildman–Crippen MR) is 132 cm³/mol. The van der Waals surface area contributed by atoms with E-state index in [1.54, 1.807) is 24.3 Å². The summed E-state index contributed by atoms with van der Waals surface area (Å²) < 4.78 is 5.12. The molecule has 1 aromatic heterocycles. The summed E-state index contributed by atoms with van der Waals surface area (Å²) in [6, 6.07) is 13.0. The molecule has 8 nitrogen and oxygen atoms in total. The van der Waals surface area contributed by atoms with Crippen LogP contribution >= 0.6 is 22.9 Å².